The lowest BCUT2D eigenvalue weighted by Gasteiger charge is -2.35. The summed E-state index contributed by atoms with van der Waals surface area (Å²) in [6.07, 6.45) is 4.61. The zero-order valence-electron chi connectivity index (χ0n) is 12.8. The highest BCUT2D eigenvalue weighted by Crippen LogP contribution is 2.55. The fourth-order valence-electron chi connectivity index (χ4n) is 2.91. The van der Waals surface area contributed by atoms with Crippen LogP contribution in [0.1, 0.15) is 31.0 Å². The fourth-order valence-corrected chi connectivity index (χ4v) is 2.91. The number of benzene rings is 1. The third-order valence-corrected chi connectivity index (χ3v) is 4.88. The Bertz CT molecular complexity index is 776. The number of imidazole rings is 1. The molecule has 0 bridgehead atoms. The van der Waals surface area contributed by atoms with Gasteiger partial charge >= 0.3 is 0 Å². The summed E-state index contributed by atoms with van der Waals surface area (Å²) in [4.78, 5) is 3.92. The van der Waals surface area contributed by atoms with E-state index in [1.54, 1.807) is 4.57 Å². The molecule has 3 rings (SSSR count). The largest absolute Gasteiger partial charge is 0.387 e. The zero-order valence-corrected chi connectivity index (χ0v) is 12.8. The molecule has 0 aliphatic heterocycles. The first kappa shape index (κ1) is 15.6. The Labute approximate surface area is 133 Å². The van der Waals surface area contributed by atoms with Gasteiger partial charge in [-0.05, 0) is 29.9 Å². The highest BCUT2D eigenvalue weighted by molar-refractivity contribution is 5.24. The van der Waals surface area contributed by atoms with Crippen LogP contribution in [0.3, 0.4) is 0 Å². The highest BCUT2D eigenvalue weighted by atomic mass is 19.1. The monoisotopic (exact) mass is 317 g/mol. The number of rotatable bonds is 5. The Morgan fingerprint density at radius 1 is 1.43 bits per heavy atom. The molecule has 0 amide bonds. The van der Waals surface area contributed by atoms with E-state index in [1.807, 2.05) is 13.0 Å². The number of hydrogen-bond donors (Lipinski definition) is 1. The van der Waals surface area contributed by atoms with Gasteiger partial charge in [-0.2, -0.15) is 5.26 Å². The second-order valence-electron chi connectivity index (χ2n) is 6.52. The maximum atomic E-state index is 14.0. The normalized spacial score (nSPS) is 18.2. The SMILES string of the molecule is CC1(C(O)(Cc2ccc(F)cc2F)Cn2cncc2C#N)CC1. The van der Waals surface area contributed by atoms with Gasteiger partial charge in [-0.1, -0.05) is 13.0 Å². The van der Waals surface area contributed by atoms with Crippen molar-refractivity contribution in [2.24, 2.45) is 5.41 Å². The van der Waals surface area contributed by atoms with Crippen LogP contribution < -0.4 is 0 Å². The van der Waals surface area contributed by atoms with Gasteiger partial charge < -0.3 is 9.67 Å². The van der Waals surface area contributed by atoms with Gasteiger partial charge in [0.1, 0.15) is 23.4 Å². The van der Waals surface area contributed by atoms with Crippen molar-refractivity contribution >= 4 is 0 Å². The highest BCUT2D eigenvalue weighted by Gasteiger charge is 2.55. The van der Waals surface area contributed by atoms with Crippen LogP contribution in [0.2, 0.25) is 0 Å². The molecule has 0 spiro atoms. The predicted octanol–water partition coefficient (Wildman–Crippen LogP) is 2.81. The first-order valence-electron chi connectivity index (χ1n) is 7.43. The number of aromatic nitrogens is 2. The third kappa shape index (κ3) is 2.84. The van der Waals surface area contributed by atoms with Crippen molar-refractivity contribution in [3.05, 3.63) is 53.6 Å². The molecule has 2 aromatic rings. The topological polar surface area (TPSA) is 61.8 Å². The van der Waals surface area contributed by atoms with E-state index in [4.69, 9.17) is 5.26 Å². The Balaban J connectivity index is 1.93. The summed E-state index contributed by atoms with van der Waals surface area (Å²) in [7, 11) is 0. The maximum Gasteiger partial charge on any atom is 0.139 e. The van der Waals surface area contributed by atoms with Crippen LogP contribution in [0, 0.1) is 28.4 Å². The summed E-state index contributed by atoms with van der Waals surface area (Å²) in [6.45, 7) is 2.08. The molecule has 1 saturated carbocycles. The molecule has 1 aromatic carbocycles. The molecule has 1 aliphatic rings. The molecular formula is C17H17F2N3O. The second-order valence-corrected chi connectivity index (χ2v) is 6.52. The quantitative estimate of drug-likeness (QED) is 0.922. The van der Waals surface area contributed by atoms with Gasteiger partial charge in [-0.25, -0.2) is 13.8 Å². The Morgan fingerprint density at radius 2 is 2.17 bits per heavy atom. The number of nitriles is 1. The summed E-state index contributed by atoms with van der Waals surface area (Å²) in [5.74, 6) is -1.31. The Hall–Kier alpha value is -2.26. The van der Waals surface area contributed by atoms with E-state index >= 15 is 0 Å². The van der Waals surface area contributed by atoms with E-state index < -0.39 is 17.2 Å². The number of halogens is 2. The van der Waals surface area contributed by atoms with Crippen molar-refractivity contribution in [1.82, 2.24) is 9.55 Å². The lowest BCUT2D eigenvalue weighted by Crippen LogP contribution is -2.45. The molecule has 1 atom stereocenters. The predicted molar refractivity (Wildman–Crippen MR) is 79.3 cm³/mol. The van der Waals surface area contributed by atoms with Gasteiger partial charge in [0, 0.05) is 12.5 Å². The summed E-state index contributed by atoms with van der Waals surface area (Å²) in [5, 5.41) is 20.3. The van der Waals surface area contributed by atoms with Crippen LogP contribution in [0.25, 0.3) is 0 Å². The minimum Gasteiger partial charge on any atom is -0.387 e. The summed E-state index contributed by atoms with van der Waals surface area (Å²) in [6, 6.07) is 5.39. The van der Waals surface area contributed by atoms with Crippen molar-refractivity contribution in [2.75, 3.05) is 0 Å². The standard InChI is InChI=1S/C17H17F2N3O/c1-16(4-5-16)17(23,10-22-11-21-9-14(22)8-20)7-12-2-3-13(18)6-15(12)19/h2-3,6,9,11,23H,4-5,7,10H2,1H3. The van der Waals surface area contributed by atoms with Crippen molar-refractivity contribution in [1.29, 1.82) is 5.26 Å². The number of aliphatic hydroxyl groups is 1. The molecule has 1 aromatic heterocycles. The number of nitrogens with zero attached hydrogens (tertiary/aromatic N) is 3. The maximum absolute atomic E-state index is 14.0. The summed E-state index contributed by atoms with van der Waals surface area (Å²) >= 11 is 0. The van der Waals surface area contributed by atoms with E-state index in [9.17, 15) is 13.9 Å². The van der Waals surface area contributed by atoms with Gasteiger partial charge in [0.2, 0.25) is 0 Å². The van der Waals surface area contributed by atoms with Crippen molar-refractivity contribution in [3.63, 3.8) is 0 Å². The first-order chi connectivity index (χ1) is 10.9. The molecular weight excluding hydrogens is 300 g/mol. The Kier molecular flexibility index (Phi) is 3.69. The molecule has 0 radical (unpaired) electrons. The molecule has 6 heteroatoms. The fraction of sp³-hybridized carbons (Fsp3) is 0.412. The smallest absolute Gasteiger partial charge is 0.139 e. The molecule has 0 saturated heterocycles. The molecule has 1 N–H and O–H groups in total. The minimum absolute atomic E-state index is 0.0542. The molecule has 1 aliphatic carbocycles. The van der Waals surface area contributed by atoms with Crippen LogP contribution in [0.4, 0.5) is 8.78 Å². The van der Waals surface area contributed by atoms with E-state index in [1.165, 1.54) is 24.7 Å². The van der Waals surface area contributed by atoms with E-state index in [0.29, 0.717) is 5.69 Å². The van der Waals surface area contributed by atoms with Gasteiger partial charge in [-0.3, -0.25) is 0 Å². The second kappa shape index (κ2) is 5.43. The molecule has 1 fully saturated rings. The average molecular weight is 317 g/mol. The molecule has 23 heavy (non-hydrogen) atoms. The lowest BCUT2D eigenvalue weighted by atomic mass is 9.80. The van der Waals surface area contributed by atoms with E-state index in [-0.39, 0.29) is 23.9 Å². The first-order valence-corrected chi connectivity index (χ1v) is 7.43. The van der Waals surface area contributed by atoms with Gasteiger partial charge in [0.25, 0.3) is 0 Å². The van der Waals surface area contributed by atoms with E-state index in [0.717, 1.165) is 18.9 Å². The van der Waals surface area contributed by atoms with Gasteiger partial charge in [-0.15, -0.1) is 0 Å². The van der Waals surface area contributed by atoms with Gasteiger partial charge in [0.15, 0.2) is 0 Å². The summed E-state index contributed by atoms with van der Waals surface area (Å²) < 4.78 is 28.6. The average Bonchev–Trinajstić information content (AvgIpc) is 3.10. The van der Waals surface area contributed by atoms with E-state index in [2.05, 4.69) is 4.98 Å². The van der Waals surface area contributed by atoms with Crippen LogP contribution in [0.15, 0.2) is 30.7 Å². The van der Waals surface area contributed by atoms with Gasteiger partial charge in [0.05, 0.1) is 24.7 Å². The molecule has 4 nitrogen and oxygen atoms in total. The lowest BCUT2D eigenvalue weighted by molar-refractivity contribution is -0.0409. The Morgan fingerprint density at radius 3 is 2.78 bits per heavy atom. The third-order valence-electron chi connectivity index (χ3n) is 4.88. The van der Waals surface area contributed by atoms with Crippen LogP contribution in [0.5, 0.6) is 0 Å². The van der Waals surface area contributed by atoms with Crippen LogP contribution in [-0.2, 0) is 13.0 Å². The van der Waals surface area contributed by atoms with Crippen molar-refractivity contribution < 1.29 is 13.9 Å². The molecule has 1 heterocycles. The number of hydrogen-bond acceptors (Lipinski definition) is 3. The van der Waals surface area contributed by atoms with Crippen LogP contribution in [-0.4, -0.2) is 20.3 Å². The minimum atomic E-state index is -1.24. The summed E-state index contributed by atoms with van der Waals surface area (Å²) in [5.41, 5.74) is -0.990. The zero-order chi connectivity index (χ0) is 16.7. The van der Waals surface area contributed by atoms with Crippen molar-refractivity contribution in [2.45, 2.75) is 38.3 Å². The van der Waals surface area contributed by atoms with Crippen molar-refractivity contribution in [3.8, 4) is 6.07 Å². The molecule has 1 unspecified atom stereocenters. The molecule has 120 valence electrons. The van der Waals surface area contributed by atoms with Crippen LogP contribution >= 0.6 is 0 Å².